The zero-order valence-corrected chi connectivity index (χ0v) is 15.6. The molecule has 0 radical (unpaired) electrons. The molecule has 0 fully saturated rings. The van der Waals surface area contributed by atoms with E-state index in [-0.39, 0.29) is 23.2 Å². The van der Waals surface area contributed by atoms with E-state index in [2.05, 4.69) is 4.98 Å². The van der Waals surface area contributed by atoms with Crippen LogP contribution in [0.2, 0.25) is 0 Å². The van der Waals surface area contributed by atoms with Crippen molar-refractivity contribution in [2.24, 2.45) is 0 Å². The van der Waals surface area contributed by atoms with Crippen LogP contribution in [0.15, 0.2) is 64.8 Å². The van der Waals surface area contributed by atoms with Gasteiger partial charge in [-0.3, -0.25) is 19.5 Å². The van der Waals surface area contributed by atoms with Crippen LogP contribution in [-0.2, 0) is 6.54 Å². The molecule has 0 saturated heterocycles. The largest absolute Gasteiger partial charge is 0.478 e. The summed E-state index contributed by atoms with van der Waals surface area (Å²) in [4.78, 5) is 40.1. The predicted octanol–water partition coefficient (Wildman–Crippen LogP) is 3.78. The molecule has 0 atom stereocenters. The molecule has 2 aromatic carbocycles. The van der Waals surface area contributed by atoms with E-state index < -0.39 is 16.5 Å². The number of benzene rings is 2. The minimum absolute atomic E-state index is 0.0519. The van der Waals surface area contributed by atoms with Crippen molar-refractivity contribution in [2.75, 3.05) is 0 Å². The first-order valence-electron chi connectivity index (χ1n) is 8.50. The zero-order chi connectivity index (χ0) is 20.5. The van der Waals surface area contributed by atoms with Crippen LogP contribution in [0.3, 0.4) is 0 Å². The lowest BCUT2D eigenvalue weighted by Crippen LogP contribution is -2.24. The summed E-state index contributed by atoms with van der Waals surface area (Å²) >= 11 is 1.11. The Morgan fingerprint density at radius 1 is 1.14 bits per heavy atom. The van der Waals surface area contributed by atoms with Gasteiger partial charge in [0.15, 0.2) is 0 Å². The highest BCUT2D eigenvalue weighted by atomic mass is 32.1. The highest BCUT2D eigenvalue weighted by Gasteiger charge is 2.20. The Hall–Kier alpha value is -3.85. The molecule has 0 aliphatic carbocycles. The van der Waals surface area contributed by atoms with Crippen molar-refractivity contribution in [3.8, 4) is 11.4 Å². The van der Waals surface area contributed by atoms with Gasteiger partial charge in [0, 0.05) is 23.1 Å². The molecule has 0 spiro atoms. The molecule has 0 aliphatic heterocycles. The second-order valence-corrected chi connectivity index (χ2v) is 7.11. The van der Waals surface area contributed by atoms with Crippen molar-refractivity contribution >= 4 is 33.2 Å². The number of nitro benzene ring substituents is 1. The summed E-state index contributed by atoms with van der Waals surface area (Å²) in [5.74, 6) is -0.787. The average molecular weight is 407 g/mol. The highest BCUT2D eigenvalue weighted by Crippen LogP contribution is 2.26. The Morgan fingerprint density at radius 2 is 1.83 bits per heavy atom. The summed E-state index contributed by atoms with van der Waals surface area (Å²) in [6.45, 7) is 0.0961. The van der Waals surface area contributed by atoms with Gasteiger partial charge in [-0.05, 0) is 5.56 Å². The molecular weight excluding hydrogens is 394 g/mol. The molecule has 144 valence electrons. The summed E-state index contributed by atoms with van der Waals surface area (Å²) in [7, 11) is 0. The molecular formula is C20H13N3O5S. The Morgan fingerprint density at radius 3 is 2.45 bits per heavy atom. The first kappa shape index (κ1) is 18.5. The lowest BCUT2D eigenvalue weighted by molar-refractivity contribution is -0.384. The summed E-state index contributed by atoms with van der Waals surface area (Å²) < 4.78 is 1.40. The van der Waals surface area contributed by atoms with Gasteiger partial charge in [0.1, 0.15) is 10.7 Å². The van der Waals surface area contributed by atoms with E-state index in [1.165, 1.54) is 22.1 Å². The third-order valence-electron chi connectivity index (χ3n) is 4.44. The van der Waals surface area contributed by atoms with Gasteiger partial charge in [0.2, 0.25) is 0 Å². The smallest absolute Gasteiger partial charge is 0.337 e. The van der Waals surface area contributed by atoms with Crippen LogP contribution >= 0.6 is 11.3 Å². The van der Waals surface area contributed by atoms with E-state index in [1.807, 2.05) is 30.3 Å². The Kier molecular flexibility index (Phi) is 4.65. The zero-order valence-electron chi connectivity index (χ0n) is 14.8. The van der Waals surface area contributed by atoms with E-state index in [0.717, 1.165) is 11.3 Å². The summed E-state index contributed by atoms with van der Waals surface area (Å²) in [6, 6.07) is 15.0. The predicted molar refractivity (Wildman–Crippen MR) is 108 cm³/mol. The standard InChI is InChI=1S/C20H13N3O5S/c24-19-16-15(20(25)26)11-29-18(16)21-17(13-4-2-1-3-5-13)22(19)10-12-6-8-14(9-7-12)23(27)28/h1-9,11H,10H2,(H,25,26). The quantitative estimate of drug-likeness (QED) is 0.398. The molecule has 2 aromatic heterocycles. The molecule has 0 unspecified atom stereocenters. The van der Waals surface area contributed by atoms with Crippen LogP contribution in [0, 0.1) is 10.1 Å². The van der Waals surface area contributed by atoms with Gasteiger partial charge < -0.3 is 5.11 Å². The lowest BCUT2D eigenvalue weighted by atomic mass is 10.1. The molecule has 2 heterocycles. The monoisotopic (exact) mass is 407 g/mol. The fraction of sp³-hybridized carbons (Fsp3) is 0.0500. The van der Waals surface area contributed by atoms with Gasteiger partial charge >= 0.3 is 5.97 Å². The lowest BCUT2D eigenvalue weighted by Gasteiger charge is -2.13. The molecule has 29 heavy (non-hydrogen) atoms. The van der Waals surface area contributed by atoms with Crippen molar-refractivity contribution in [2.45, 2.75) is 6.54 Å². The van der Waals surface area contributed by atoms with Crippen molar-refractivity contribution in [1.82, 2.24) is 9.55 Å². The van der Waals surface area contributed by atoms with Crippen LogP contribution in [0.5, 0.6) is 0 Å². The number of aromatic nitrogens is 2. The fourth-order valence-corrected chi connectivity index (χ4v) is 3.94. The topological polar surface area (TPSA) is 115 Å². The molecule has 4 rings (SSSR count). The van der Waals surface area contributed by atoms with Gasteiger partial charge in [0.05, 0.1) is 22.4 Å². The van der Waals surface area contributed by atoms with Gasteiger partial charge in [-0.2, -0.15) is 0 Å². The highest BCUT2D eigenvalue weighted by molar-refractivity contribution is 7.17. The van der Waals surface area contributed by atoms with Crippen molar-refractivity contribution < 1.29 is 14.8 Å². The minimum atomic E-state index is -1.19. The van der Waals surface area contributed by atoms with Crippen LogP contribution < -0.4 is 5.56 Å². The van der Waals surface area contributed by atoms with E-state index in [0.29, 0.717) is 21.8 Å². The van der Waals surface area contributed by atoms with Crippen molar-refractivity contribution in [3.05, 3.63) is 91.6 Å². The van der Waals surface area contributed by atoms with Gasteiger partial charge in [0.25, 0.3) is 11.2 Å². The molecule has 9 heteroatoms. The fourth-order valence-electron chi connectivity index (χ4n) is 3.04. The number of thiophene rings is 1. The number of rotatable bonds is 5. The molecule has 4 aromatic rings. The maximum absolute atomic E-state index is 13.2. The summed E-state index contributed by atoms with van der Waals surface area (Å²) in [6.07, 6.45) is 0. The number of fused-ring (bicyclic) bond motifs is 1. The third-order valence-corrected chi connectivity index (χ3v) is 5.32. The summed E-state index contributed by atoms with van der Waals surface area (Å²) in [5.41, 5.74) is 0.760. The van der Waals surface area contributed by atoms with Gasteiger partial charge in [-0.25, -0.2) is 9.78 Å². The number of non-ortho nitro benzene ring substituents is 1. The first-order valence-corrected chi connectivity index (χ1v) is 9.38. The molecule has 0 bridgehead atoms. The second-order valence-electron chi connectivity index (χ2n) is 6.25. The number of nitro groups is 1. The van der Waals surface area contributed by atoms with E-state index in [9.17, 15) is 24.8 Å². The number of carbonyl (C=O) groups is 1. The molecule has 0 saturated carbocycles. The Labute approximate surface area is 167 Å². The Balaban J connectivity index is 1.93. The third kappa shape index (κ3) is 3.39. The Bertz CT molecular complexity index is 1290. The van der Waals surface area contributed by atoms with Crippen LogP contribution in [0.4, 0.5) is 5.69 Å². The van der Waals surface area contributed by atoms with Gasteiger partial charge in [-0.1, -0.05) is 42.5 Å². The van der Waals surface area contributed by atoms with E-state index in [1.54, 1.807) is 12.1 Å². The molecule has 0 amide bonds. The van der Waals surface area contributed by atoms with Crippen LogP contribution in [0.25, 0.3) is 21.6 Å². The van der Waals surface area contributed by atoms with Crippen molar-refractivity contribution in [3.63, 3.8) is 0 Å². The van der Waals surface area contributed by atoms with Crippen LogP contribution in [-0.4, -0.2) is 25.6 Å². The number of hydrogen-bond acceptors (Lipinski definition) is 6. The average Bonchev–Trinajstić information content (AvgIpc) is 3.15. The van der Waals surface area contributed by atoms with Crippen LogP contribution in [0.1, 0.15) is 15.9 Å². The molecule has 8 nitrogen and oxygen atoms in total. The number of carboxylic acids is 1. The van der Waals surface area contributed by atoms with Crippen molar-refractivity contribution in [1.29, 1.82) is 0 Å². The normalized spacial score (nSPS) is 10.9. The SMILES string of the molecule is O=C(O)c1csc2nc(-c3ccccc3)n(Cc3ccc([N+](=O)[O-])cc3)c(=O)c12. The second kappa shape index (κ2) is 7.28. The molecule has 0 aliphatic rings. The number of hydrogen-bond donors (Lipinski definition) is 1. The maximum atomic E-state index is 13.2. The molecule has 1 N–H and O–H groups in total. The summed E-state index contributed by atoms with van der Waals surface area (Å²) in [5, 5.41) is 21.7. The number of aromatic carboxylic acids is 1. The first-order chi connectivity index (χ1) is 14.0. The number of nitrogens with zero attached hydrogens (tertiary/aromatic N) is 3. The van der Waals surface area contributed by atoms with E-state index in [4.69, 9.17) is 0 Å². The van der Waals surface area contributed by atoms with Gasteiger partial charge in [-0.15, -0.1) is 11.3 Å². The van der Waals surface area contributed by atoms with E-state index >= 15 is 0 Å². The number of carboxylic acid groups (broad SMARTS) is 1. The maximum Gasteiger partial charge on any atom is 0.337 e. The minimum Gasteiger partial charge on any atom is -0.478 e.